The van der Waals surface area contributed by atoms with Crippen molar-refractivity contribution in [2.45, 2.75) is 38.4 Å². The van der Waals surface area contributed by atoms with E-state index in [-0.39, 0.29) is 10.8 Å². The van der Waals surface area contributed by atoms with Gasteiger partial charge in [-0.25, -0.2) is 0 Å². The molecule has 1 aromatic carbocycles. The van der Waals surface area contributed by atoms with Gasteiger partial charge in [-0.3, -0.25) is 0 Å². The average Bonchev–Trinajstić information content (AvgIpc) is 2.06. The second-order valence-corrected chi connectivity index (χ2v) is 9.76. The van der Waals surface area contributed by atoms with Gasteiger partial charge < -0.3 is 9.90 Å². The van der Waals surface area contributed by atoms with Crippen molar-refractivity contribution in [1.82, 2.24) is 0 Å². The molecule has 1 aromatic rings. The Labute approximate surface area is 92.7 Å². The van der Waals surface area contributed by atoms with Crippen molar-refractivity contribution in [1.29, 1.82) is 0 Å². The van der Waals surface area contributed by atoms with Crippen LogP contribution in [0, 0.1) is 0 Å². The fourth-order valence-electron chi connectivity index (χ4n) is 1.34. The van der Waals surface area contributed by atoms with Crippen molar-refractivity contribution >= 4 is 8.32 Å². The van der Waals surface area contributed by atoms with Gasteiger partial charge in [0.05, 0.1) is 0 Å². The maximum absolute atomic E-state index is 10.2. The van der Waals surface area contributed by atoms with Crippen LogP contribution in [0.1, 0.15) is 19.4 Å². The first-order chi connectivity index (χ1) is 6.72. The molecular formula is C12H20O2Si. The Bertz CT molecular complexity index is 322. The van der Waals surface area contributed by atoms with Crippen LogP contribution in [-0.2, 0) is 6.42 Å². The van der Waals surface area contributed by atoms with E-state index >= 15 is 0 Å². The predicted molar refractivity (Wildman–Crippen MR) is 65.6 cm³/mol. The van der Waals surface area contributed by atoms with Crippen LogP contribution in [0.5, 0.6) is 5.75 Å². The fraction of sp³-hybridized carbons (Fsp3) is 0.500. The minimum absolute atomic E-state index is 0.0516. The van der Waals surface area contributed by atoms with Crippen LogP contribution in [0.2, 0.25) is 18.1 Å². The van der Waals surface area contributed by atoms with E-state index in [9.17, 15) is 9.90 Å². The molecule has 0 spiro atoms. The van der Waals surface area contributed by atoms with Crippen LogP contribution in [0.25, 0.3) is 0 Å². The summed E-state index contributed by atoms with van der Waals surface area (Å²) in [7, 11) is -2.14. The highest BCUT2D eigenvalue weighted by Gasteiger charge is 2.37. The van der Waals surface area contributed by atoms with Gasteiger partial charge in [-0.1, -0.05) is 26.0 Å². The average molecular weight is 224 g/mol. The Morgan fingerprint density at radius 2 is 1.60 bits per heavy atom. The lowest BCUT2D eigenvalue weighted by Gasteiger charge is -2.35. The molecule has 2 nitrogen and oxygen atoms in total. The highest BCUT2D eigenvalue weighted by molar-refractivity contribution is 6.72. The summed E-state index contributed by atoms with van der Waals surface area (Å²) >= 11 is 0. The van der Waals surface area contributed by atoms with Gasteiger partial charge in [0, 0.05) is 0 Å². The molecule has 0 atom stereocenters. The quantitative estimate of drug-likeness (QED) is 0.775. The molecule has 2 N–H and O–H groups in total. The van der Waals surface area contributed by atoms with Crippen molar-refractivity contribution in [3.05, 3.63) is 29.8 Å². The second kappa shape index (κ2) is 3.98. The number of phenolic OH excluding ortho intramolecular Hbond substituents is 1. The van der Waals surface area contributed by atoms with Crippen LogP contribution in [0.3, 0.4) is 0 Å². The third-order valence-electron chi connectivity index (χ3n) is 3.24. The van der Waals surface area contributed by atoms with Crippen molar-refractivity contribution in [3.63, 3.8) is 0 Å². The predicted octanol–water partition coefficient (Wildman–Crippen LogP) is 2.91. The first-order valence-corrected chi connectivity index (χ1v) is 8.17. The maximum Gasteiger partial charge on any atom is 0.188 e. The molecule has 0 aliphatic carbocycles. The molecule has 0 aliphatic heterocycles. The summed E-state index contributed by atoms with van der Waals surface area (Å²) in [5, 5.41) is 9.12. The van der Waals surface area contributed by atoms with Gasteiger partial charge in [0.25, 0.3) is 0 Å². The van der Waals surface area contributed by atoms with E-state index in [1.165, 1.54) is 0 Å². The van der Waals surface area contributed by atoms with Gasteiger partial charge in [0.1, 0.15) is 5.75 Å². The Kier molecular flexibility index (Phi) is 3.26. The molecule has 0 saturated carbocycles. The summed E-state index contributed by atoms with van der Waals surface area (Å²) in [5.41, 5.74) is 1.16. The second-order valence-electron chi connectivity index (χ2n) is 5.29. The summed E-state index contributed by atoms with van der Waals surface area (Å²) in [4.78, 5) is 10.2. The van der Waals surface area contributed by atoms with E-state index < -0.39 is 8.32 Å². The van der Waals surface area contributed by atoms with Gasteiger partial charge >= 0.3 is 0 Å². The zero-order valence-electron chi connectivity index (χ0n) is 9.91. The van der Waals surface area contributed by atoms with E-state index in [0.717, 1.165) is 12.0 Å². The number of hydrogen-bond donors (Lipinski definition) is 2. The largest absolute Gasteiger partial charge is 0.508 e. The lowest BCUT2D eigenvalue weighted by atomic mass is 10.0. The SMILES string of the molecule is CC(C)(Cc1ccc(O)cc1)[Si](C)(C)O. The lowest BCUT2D eigenvalue weighted by Crippen LogP contribution is -2.40. The Balaban J connectivity index is 2.82. The molecule has 3 heteroatoms. The van der Waals surface area contributed by atoms with Gasteiger partial charge in [-0.05, 0) is 42.2 Å². The van der Waals surface area contributed by atoms with E-state index in [2.05, 4.69) is 13.8 Å². The third-order valence-corrected chi connectivity index (χ3v) is 6.73. The highest BCUT2D eigenvalue weighted by atomic mass is 28.4. The van der Waals surface area contributed by atoms with Gasteiger partial charge in [0.2, 0.25) is 0 Å². The van der Waals surface area contributed by atoms with Crippen LogP contribution in [0.4, 0.5) is 0 Å². The minimum Gasteiger partial charge on any atom is -0.508 e. The zero-order valence-corrected chi connectivity index (χ0v) is 10.9. The molecule has 0 amide bonds. The van der Waals surface area contributed by atoms with Gasteiger partial charge in [-0.15, -0.1) is 0 Å². The molecule has 84 valence electrons. The molecule has 0 aliphatic rings. The Morgan fingerprint density at radius 3 is 2.00 bits per heavy atom. The van der Waals surface area contributed by atoms with Gasteiger partial charge in [0.15, 0.2) is 8.32 Å². The number of benzene rings is 1. The molecule has 0 bridgehead atoms. The Morgan fingerprint density at radius 1 is 1.13 bits per heavy atom. The Hall–Kier alpha value is -0.803. The summed E-state index contributed by atoms with van der Waals surface area (Å²) in [6.07, 6.45) is 0.850. The fourth-order valence-corrected chi connectivity index (χ4v) is 1.98. The zero-order chi connectivity index (χ0) is 11.7. The lowest BCUT2D eigenvalue weighted by molar-refractivity contribution is 0.465. The van der Waals surface area contributed by atoms with E-state index in [0.29, 0.717) is 0 Å². The molecule has 1 rings (SSSR count). The molecule has 0 aromatic heterocycles. The van der Waals surface area contributed by atoms with Crippen molar-refractivity contribution in [2.75, 3.05) is 0 Å². The van der Waals surface area contributed by atoms with Crippen LogP contribution in [-0.4, -0.2) is 18.2 Å². The molecule has 0 fully saturated rings. The summed E-state index contributed by atoms with van der Waals surface area (Å²) in [6, 6.07) is 7.21. The summed E-state index contributed by atoms with van der Waals surface area (Å²) in [6.45, 7) is 8.14. The molecule has 0 radical (unpaired) electrons. The van der Waals surface area contributed by atoms with E-state index in [4.69, 9.17) is 0 Å². The standard InChI is InChI=1S/C12H20O2Si/c1-12(2,15(3,4)14)9-10-5-7-11(13)8-6-10/h5-8,13-14H,9H2,1-4H3. The van der Waals surface area contributed by atoms with Crippen LogP contribution >= 0.6 is 0 Å². The van der Waals surface area contributed by atoms with Crippen LogP contribution in [0.15, 0.2) is 24.3 Å². The van der Waals surface area contributed by atoms with E-state index in [1.54, 1.807) is 12.1 Å². The van der Waals surface area contributed by atoms with Gasteiger partial charge in [-0.2, -0.15) is 0 Å². The monoisotopic (exact) mass is 224 g/mol. The number of hydrogen-bond acceptors (Lipinski definition) is 2. The van der Waals surface area contributed by atoms with Crippen molar-refractivity contribution < 1.29 is 9.90 Å². The molecule has 15 heavy (non-hydrogen) atoms. The first kappa shape index (κ1) is 12.3. The normalized spacial score (nSPS) is 12.9. The van der Waals surface area contributed by atoms with Crippen molar-refractivity contribution in [3.8, 4) is 5.75 Å². The topological polar surface area (TPSA) is 40.5 Å². The highest BCUT2D eigenvalue weighted by Crippen LogP contribution is 2.38. The molecule has 0 saturated heterocycles. The molecule has 0 heterocycles. The summed E-state index contributed by atoms with van der Waals surface area (Å²) in [5.74, 6) is 0.289. The number of aromatic hydroxyl groups is 1. The number of rotatable bonds is 3. The third kappa shape index (κ3) is 3.07. The molecule has 0 unspecified atom stereocenters. The maximum atomic E-state index is 10.2. The number of phenols is 1. The molecular weight excluding hydrogens is 204 g/mol. The van der Waals surface area contributed by atoms with Crippen molar-refractivity contribution in [2.24, 2.45) is 0 Å². The van der Waals surface area contributed by atoms with Crippen LogP contribution < -0.4 is 0 Å². The smallest absolute Gasteiger partial charge is 0.188 e. The minimum atomic E-state index is -2.14. The van der Waals surface area contributed by atoms with E-state index in [1.807, 2.05) is 25.2 Å². The summed E-state index contributed by atoms with van der Waals surface area (Å²) < 4.78 is 0. The first-order valence-electron chi connectivity index (χ1n) is 5.23.